The Balaban J connectivity index is 2.13. The molecule has 0 aliphatic rings. The van der Waals surface area contributed by atoms with Crippen molar-refractivity contribution in [2.45, 2.75) is 45.7 Å². The molecule has 0 bridgehead atoms. The summed E-state index contributed by atoms with van der Waals surface area (Å²) in [5.74, 6) is -3.28. The molecule has 0 spiro atoms. The zero-order chi connectivity index (χ0) is 23.2. The molecule has 2 N–H and O–H groups in total. The van der Waals surface area contributed by atoms with Crippen molar-refractivity contribution in [3.8, 4) is 0 Å². The van der Waals surface area contributed by atoms with Crippen molar-refractivity contribution in [2.75, 3.05) is 11.4 Å². The molecule has 1 atom stereocenters. The van der Waals surface area contributed by atoms with Crippen molar-refractivity contribution >= 4 is 23.4 Å². The van der Waals surface area contributed by atoms with Crippen LogP contribution < -0.4 is 15.5 Å². The van der Waals surface area contributed by atoms with Gasteiger partial charge in [-0.3, -0.25) is 14.4 Å². The number of amides is 3. The van der Waals surface area contributed by atoms with E-state index < -0.39 is 35.4 Å². The Morgan fingerprint density at radius 3 is 2.13 bits per heavy atom. The van der Waals surface area contributed by atoms with Crippen molar-refractivity contribution in [3.63, 3.8) is 0 Å². The molecule has 2 rings (SSSR count). The average molecular weight is 431 g/mol. The Kier molecular flexibility index (Phi) is 7.99. The molecule has 0 heterocycles. The minimum Gasteiger partial charge on any atom is -0.344 e. The highest BCUT2D eigenvalue weighted by atomic mass is 19.1. The molecule has 0 fully saturated rings. The van der Waals surface area contributed by atoms with Crippen LogP contribution in [0.1, 0.15) is 33.3 Å². The summed E-state index contributed by atoms with van der Waals surface area (Å²) in [5, 5.41) is 5.54. The zero-order valence-electron chi connectivity index (χ0n) is 18.0. The number of nitrogens with one attached hydrogen (secondary N) is 2. The van der Waals surface area contributed by atoms with E-state index in [0.29, 0.717) is 11.8 Å². The highest BCUT2D eigenvalue weighted by Crippen LogP contribution is 2.16. The number of rotatable bonds is 7. The number of halogens is 2. The number of carbonyl (C=O) groups excluding carboxylic acids is 3. The van der Waals surface area contributed by atoms with E-state index in [-0.39, 0.29) is 24.1 Å². The maximum atomic E-state index is 13.3. The molecule has 0 radical (unpaired) electrons. The van der Waals surface area contributed by atoms with E-state index in [0.717, 1.165) is 17.0 Å². The first-order valence-corrected chi connectivity index (χ1v) is 9.87. The van der Waals surface area contributed by atoms with E-state index in [4.69, 9.17) is 0 Å². The van der Waals surface area contributed by atoms with E-state index in [2.05, 4.69) is 10.6 Å². The van der Waals surface area contributed by atoms with E-state index in [9.17, 15) is 23.2 Å². The lowest BCUT2D eigenvalue weighted by Crippen LogP contribution is -2.53. The van der Waals surface area contributed by atoms with Gasteiger partial charge >= 0.3 is 0 Å². The van der Waals surface area contributed by atoms with Crippen LogP contribution in [0.5, 0.6) is 0 Å². The molecule has 0 aliphatic heterocycles. The van der Waals surface area contributed by atoms with E-state index >= 15 is 0 Å². The van der Waals surface area contributed by atoms with Gasteiger partial charge in [-0.2, -0.15) is 0 Å². The van der Waals surface area contributed by atoms with Gasteiger partial charge in [0.15, 0.2) is 0 Å². The lowest BCUT2D eigenvalue weighted by Gasteiger charge is -2.27. The minimum absolute atomic E-state index is 0.0760. The molecule has 0 unspecified atom stereocenters. The Bertz CT molecular complexity index is 923. The van der Waals surface area contributed by atoms with Gasteiger partial charge in [0.1, 0.15) is 17.7 Å². The molecule has 0 aliphatic carbocycles. The number of para-hydroxylation sites is 1. The van der Waals surface area contributed by atoms with Crippen LogP contribution >= 0.6 is 0 Å². The van der Waals surface area contributed by atoms with Crippen LogP contribution in [-0.4, -0.2) is 35.8 Å². The maximum absolute atomic E-state index is 13.3. The monoisotopic (exact) mass is 431 g/mol. The summed E-state index contributed by atoms with van der Waals surface area (Å²) in [6.07, 6.45) is -0.308. The van der Waals surface area contributed by atoms with Crippen molar-refractivity contribution < 1.29 is 23.2 Å². The minimum atomic E-state index is -1.04. The third kappa shape index (κ3) is 7.57. The summed E-state index contributed by atoms with van der Waals surface area (Å²) in [6, 6.07) is 10.2. The first-order valence-electron chi connectivity index (χ1n) is 9.87. The highest BCUT2D eigenvalue weighted by Gasteiger charge is 2.29. The van der Waals surface area contributed by atoms with E-state index in [1.54, 1.807) is 30.3 Å². The van der Waals surface area contributed by atoms with Gasteiger partial charge in [0.25, 0.3) is 5.91 Å². The van der Waals surface area contributed by atoms with Gasteiger partial charge in [-0.25, -0.2) is 13.7 Å². The third-order valence-corrected chi connectivity index (χ3v) is 4.29. The van der Waals surface area contributed by atoms with Gasteiger partial charge in [-0.15, -0.1) is 0 Å². The third-order valence-electron chi connectivity index (χ3n) is 4.29. The molecule has 2 aromatic carbocycles. The zero-order valence-corrected chi connectivity index (χ0v) is 18.0. The topological polar surface area (TPSA) is 78.5 Å². The summed E-state index contributed by atoms with van der Waals surface area (Å²) in [5.41, 5.74) is 0.183. The first kappa shape index (κ1) is 24.1. The molecule has 166 valence electrons. The maximum Gasteiger partial charge on any atom is 0.256 e. The number of nitrogens with zero attached hydrogens (tertiary/aromatic N) is 1. The number of anilines is 1. The van der Waals surface area contributed by atoms with Crippen LogP contribution in [0.15, 0.2) is 48.5 Å². The predicted molar refractivity (Wildman–Crippen MR) is 114 cm³/mol. The SMILES string of the molecule is C[C@H](NC(=O)Cc1cc(F)cc(F)c1)C(=O)N(C(=O)CNC(C)(C)C)c1ccccc1. The molecule has 0 saturated carbocycles. The van der Waals surface area contributed by atoms with Crippen LogP contribution in [-0.2, 0) is 20.8 Å². The molecular weight excluding hydrogens is 404 g/mol. The van der Waals surface area contributed by atoms with Crippen molar-refractivity contribution in [1.29, 1.82) is 0 Å². The van der Waals surface area contributed by atoms with Gasteiger partial charge in [0, 0.05) is 11.6 Å². The summed E-state index contributed by atoms with van der Waals surface area (Å²) >= 11 is 0. The standard InChI is InChI=1S/C23H27F2N3O3/c1-15(27-20(29)12-16-10-17(24)13-18(25)11-16)22(31)28(19-8-6-5-7-9-19)21(30)14-26-23(2,3)4/h5-11,13,15,26H,12,14H2,1-4H3,(H,27,29)/t15-/m0/s1. The van der Waals surface area contributed by atoms with Gasteiger partial charge in [-0.05, 0) is 57.5 Å². The summed E-state index contributed by atoms with van der Waals surface area (Å²) in [4.78, 5) is 39.2. The molecular formula is C23H27F2N3O3. The highest BCUT2D eigenvalue weighted by molar-refractivity contribution is 6.17. The lowest BCUT2D eigenvalue weighted by molar-refractivity contribution is -0.130. The largest absolute Gasteiger partial charge is 0.344 e. The van der Waals surface area contributed by atoms with Gasteiger partial charge in [0.05, 0.1) is 18.7 Å². The normalized spacial score (nSPS) is 12.2. The van der Waals surface area contributed by atoms with Gasteiger partial charge in [-0.1, -0.05) is 18.2 Å². The van der Waals surface area contributed by atoms with Crippen LogP contribution in [0.3, 0.4) is 0 Å². The molecule has 2 aromatic rings. The predicted octanol–water partition coefficient (Wildman–Crippen LogP) is 2.96. The Labute approximate surface area is 180 Å². The number of hydrogen-bond acceptors (Lipinski definition) is 4. The Hall–Kier alpha value is -3.13. The number of carbonyl (C=O) groups is 3. The smallest absolute Gasteiger partial charge is 0.256 e. The fraction of sp³-hybridized carbons (Fsp3) is 0.348. The van der Waals surface area contributed by atoms with E-state index in [1.165, 1.54) is 6.92 Å². The quantitative estimate of drug-likeness (QED) is 0.707. The number of hydrogen-bond donors (Lipinski definition) is 2. The fourth-order valence-electron chi connectivity index (χ4n) is 2.84. The number of imide groups is 1. The average Bonchev–Trinajstić information content (AvgIpc) is 2.65. The Morgan fingerprint density at radius 2 is 1.58 bits per heavy atom. The molecule has 0 saturated heterocycles. The number of benzene rings is 2. The first-order chi connectivity index (χ1) is 14.5. The Morgan fingerprint density at radius 1 is 1.00 bits per heavy atom. The van der Waals surface area contributed by atoms with Gasteiger partial charge < -0.3 is 10.6 Å². The second kappa shape index (κ2) is 10.3. The molecule has 31 heavy (non-hydrogen) atoms. The van der Waals surface area contributed by atoms with E-state index in [1.807, 2.05) is 20.8 Å². The second-order valence-electron chi connectivity index (χ2n) is 8.25. The van der Waals surface area contributed by atoms with Crippen LogP contribution in [0, 0.1) is 11.6 Å². The fourth-order valence-corrected chi connectivity index (χ4v) is 2.84. The van der Waals surface area contributed by atoms with Gasteiger partial charge in [0.2, 0.25) is 11.8 Å². The lowest BCUT2D eigenvalue weighted by atomic mass is 10.1. The van der Waals surface area contributed by atoms with Crippen LogP contribution in [0.4, 0.5) is 14.5 Å². The van der Waals surface area contributed by atoms with Crippen LogP contribution in [0.2, 0.25) is 0 Å². The summed E-state index contributed by atoms with van der Waals surface area (Å²) in [6.45, 7) is 7.06. The second-order valence-corrected chi connectivity index (χ2v) is 8.25. The van der Waals surface area contributed by atoms with Crippen molar-refractivity contribution in [2.24, 2.45) is 0 Å². The summed E-state index contributed by atoms with van der Waals surface area (Å²) < 4.78 is 26.7. The summed E-state index contributed by atoms with van der Waals surface area (Å²) in [7, 11) is 0. The van der Waals surface area contributed by atoms with Crippen LogP contribution in [0.25, 0.3) is 0 Å². The molecule has 3 amide bonds. The molecule has 6 nitrogen and oxygen atoms in total. The van der Waals surface area contributed by atoms with Crippen molar-refractivity contribution in [3.05, 3.63) is 65.7 Å². The molecule has 8 heteroatoms. The van der Waals surface area contributed by atoms with Crippen molar-refractivity contribution in [1.82, 2.24) is 10.6 Å². The molecule has 0 aromatic heterocycles.